The van der Waals surface area contributed by atoms with E-state index in [4.69, 9.17) is 30.5 Å². The summed E-state index contributed by atoms with van der Waals surface area (Å²) in [4.78, 5) is 22.1. The first-order valence-electron chi connectivity index (χ1n) is 10.7. The summed E-state index contributed by atoms with van der Waals surface area (Å²) in [7, 11) is 5.60. The summed E-state index contributed by atoms with van der Waals surface area (Å²) >= 11 is 7.78. The van der Waals surface area contributed by atoms with Crippen LogP contribution in [0.3, 0.4) is 0 Å². The van der Waals surface area contributed by atoms with Gasteiger partial charge in [-0.2, -0.15) is 0 Å². The van der Waals surface area contributed by atoms with Crippen LogP contribution in [0.1, 0.15) is 23.9 Å². The van der Waals surface area contributed by atoms with Crippen LogP contribution in [0.2, 0.25) is 5.02 Å². The van der Waals surface area contributed by atoms with Gasteiger partial charge in [-0.3, -0.25) is 9.69 Å². The second kappa shape index (κ2) is 9.99. The normalized spacial score (nSPS) is 11.5. The largest absolute Gasteiger partial charge is 0.494 e. The van der Waals surface area contributed by atoms with Crippen molar-refractivity contribution in [1.29, 1.82) is 0 Å². The second-order valence-corrected chi connectivity index (χ2v) is 9.14. The Kier molecular flexibility index (Phi) is 7.07. The summed E-state index contributed by atoms with van der Waals surface area (Å²) in [6.07, 6.45) is 0.768. The van der Waals surface area contributed by atoms with E-state index in [1.807, 2.05) is 39.2 Å². The Morgan fingerprint density at radius 1 is 1.18 bits per heavy atom. The molecule has 0 saturated heterocycles. The van der Waals surface area contributed by atoms with Gasteiger partial charge in [-0.05, 0) is 58.3 Å². The van der Waals surface area contributed by atoms with E-state index < -0.39 is 0 Å². The van der Waals surface area contributed by atoms with Crippen molar-refractivity contribution in [3.63, 3.8) is 0 Å². The third kappa shape index (κ3) is 4.78. The highest BCUT2D eigenvalue weighted by Gasteiger charge is 2.26. The van der Waals surface area contributed by atoms with Crippen LogP contribution >= 0.6 is 22.9 Å². The molecule has 0 bridgehead atoms. The molecule has 174 valence electrons. The third-order valence-electron chi connectivity index (χ3n) is 5.15. The maximum absolute atomic E-state index is 13.7. The quantitative estimate of drug-likeness (QED) is 0.301. The minimum absolute atomic E-state index is 0.235. The lowest BCUT2D eigenvalue weighted by Crippen LogP contribution is -2.33. The molecular formula is C24H26ClN3O4S. The number of halogens is 1. The van der Waals surface area contributed by atoms with Crippen molar-refractivity contribution in [2.24, 2.45) is 0 Å². The van der Waals surface area contributed by atoms with Gasteiger partial charge < -0.3 is 18.8 Å². The number of hydrogen-bond donors (Lipinski definition) is 0. The van der Waals surface area contributed by atoms with E-state index in [0.717, 1.165) is 23.1 Å². The van der Waals surface area contributed by atoms with Crippen molar-refractivity contribution in [3.8, 4) is 11.5 Å². The van der Waals surface area contributed by atoms with Gasteiger partial charge >= 0.3 is 0 Å². The van der Waals surface area contributed by atoms with Gasteiger partial charge in [-0.1, -0.05) is 35.1 Å². The fourth-order valence-corrected chi connectivity index (χ4v) is 4.87. The summed E-state index contributed by atoms with van der Waals surface area (Å²) < 4.78 is 17.9. The van der Waals surface area contributed by atoms with Crippen molar-refractivity contribution >= 4 is 55.2 Å². The van der Waals surface area contributed by atoms with Gasteiger partial charge in [0.05, 0.1) is 23.4 Å². The Morgan fingerprint density at radius 3 is 2.73 bits per heavy atom. The molecule has 9 heteroatoms. The lowest BCUT2D eigenvalue weighted by molar-refractivity contribution is 0.0961. The highest BCUT2D eigenvalue weighted by molar-refractivity contribution is 7.23. The fourth-order valence-electron chi connectivity index (χ4n) is 3.59. The topological polar surface area (TPSA) is 68.0 Å². The Hall–Kier alpha value is -2.81. The lowest BCUT2D eigenvalue weighted by atomic mass is 10.2. The number of hydrogen-bond acceptors (Lipinski definition) is 7. The molecule has 0 N–H and O–H groups in total. The average molecular weight is 488 g/mol. The van der Waals surface area contributed by atoms with Crippen molar-refractivity contribution in [2.45, 2.75) is 13.3 Å². The molecule has 1 amide bonds. The highest BCUT2D eigenvalue weighted by atomic mass is 35.5. The van der Waals surface area contributed by atoms with E-state index in [0.29, 0.717) is 45.9 Å². The van der Waals surface area contributed by atoms with Crippen molar-refractivity contribution in [2.75, 3.05) is 45.8 Å². The first kappa shape index (κ1) is 23.4. The number of ether oxygens (including phenoxy) is 2. The zero-order valence-corrected chi connectivity index (χ0v) is 20.6. The number of thiazole rings is 1. The molecule has 7 nitrogen and oxygen atoms in total. The number of benzene rings is 2. The zero-order valence-electron chi connectivity index (χ0n) is 19.1. The fraction of sp³-hybridized carbons (Fsp3) is 0.333. The first-order valence-corrected chi connectivity index (χ1v) is 11.9. The number of nitrogens with zero attached hydrogens (tertiary/aromatic N) is 3. The van der Waals surface area contributed by atoms with Gasteiger partial charge in [0.2, 0.25) is 0 Å². The second-order valence-electron chi connectivity index (χ2n) is 7.76. The standard InChI is InChI=1S/C24H26ClN3O4S/c1-5-31-18-9-6-8-15-14-19(32-21(15)18)23(29)28(13-7-12-27(2)3)24-26-20-17(30-4)11-10-16(25)22(20)33-24/h6,8-11,14H,5,7,12-13H2,1-4H3. The van der Waals surface area contributed by atoms with Crippen molar-refractivity contribution < 1.29 is 18.7 Å². The molecule has 0 fully saturated rings. The molecule has 4 rings (SSSR count). The van der Waals surface area contributed by atoms with Gasteiger partial charge in [0.1, 0.15) is 11.3 Å². The maximum Gasteiger partial charge on any atom is 0.295 e. The lowest BCUT2D eigenvalue weighted by Gasteiger charge is -2.19. The molecule has 0 saturated carbocycles. The number of aromatic nitrogens is 1. The minimum Gasteiger partial charge on any atom is -0.494 e. The maximum atomic E-state index is 13.7. The molecule has 0 aliphatic rings. The van der Waals surface area contributed by atoms with E-state index in [1.165, 1.54) is 11.3 Å². The Balaban J connectivity index is 1.75. The summed E-state index contributed by atoms with van der Waals surface area (Å²) in [5.74, 6) is 1.20. The predicted molar refractivity (Wildman–Crippen MR) is 133 cm³/mol. The molecule has 0 radical (unpaired) electrons. The molecule has 0 atom stereocenters. The number of amides is 1. The molecule has 2 heterocycles. The Labute approximate surface area is 201 Å². The number of para-hydroxylation sites is 1. The molecule has 0 unspecified atom stereocenters. The minimum atomic E-state index is -0.262. The summed E-state index contributed by atoms with van der Waals surface area (Å²) in [5, 5.41) is 1.93. The predicted octanol–water partition coefficient (Wildman–Crippen LogP) is 5.70. The van der Waals surface area contributed by atoms with Gasteiger partial charge in [0.15, 0.2) is 22.2 Å². The highest BCUT2D eigenvalue weighted by Crippen LogP contribution is 2.39. The van der Waals surface area contributed by atoms with Crippen LogP contribution in [0.25, 0.3) is 21.2 Å². The molecule has 2 aromatic heterocycles. The number of carbonyl (C=O) groups is 1. The van der Waals surface area contributed by atoms with E-state index in [2.05, 4.69) is 4.90 Å². The average Bonchev–Trinajstić information content (AvgIpc) is 3.43. The van der Waals surface area contributed by atoms with Crippen LogP contribution in [-0.4, -0.2) is 56.7 Å². The first-order chi connectivity index (χ1) is 15.9. The van der Waals surface area contributed by atoms with Crippen LogP contribution < -0.4 is 14.4 Å². The molecule has 2 aromatic carbocycles. The van der Waals surface area contributed by atoms with Gasteiger partial charge in [-0.15, -0.1) is 0 Å². The van der Waals surface area contributed by atoms with E-state index >= 15 is 0 Å². The molecule has 33 heavy (non-hydrogen) atoms. The van der Waals surface area contributed by atoms with Gasteiger partial charge in [0, 0.05) is 11.9 Å². The zero-order chi connectivity index (χ0) is 23.5. The number of carbonyl (C=O) groups excluding carboxylic acids is 1. The molecule has 0 aliphatic heterocycles. The van der Waals surface area contributed by atoms with E-state index in [9.17, 15) is 4.79 Å². The van der Waals surface area contributed by atoms with Crippen molar-refractivity contribution in [3.05, 3.63) is 47.2 Å². The molecule has 0 aliphatic carbocycles. The summed E-state index contributed by atoms with van der Waals surface area (Å²) in [6.45, 7) is 3.72. The van der Waals surface area contributed by atoms with Crippen molar-refractivity contribution in [1.82, 2.24) is 9.88 Å². The van der Waals surface area contributed by atoms with Gasteiger partial charge in [-0.25, -0.2) is 4.98 Å². The van der Waals surface area contributed by atoms with E-state index in [1.54, 1.807) is 30.2 Å². The Morgan fingerprint density at radius 2 is 2.00 bits per heavy atom. The summed E-state index contributed by atoms with van der Waals surface area (Å²) in [6, 6.07) is 10.9. The smallest absolute Gasteiger partial charge is 0.295 e. The van der Waals surface area contributed by atoms with Crippen LogP contribution in [0, 0.1) is 0 Å². The van der Waals surface area contributed by atoms with E-state index in [-0.39, 0.29) is 11.7 Å². The van der Waals surface area contributed by atoms with Crippen LogP contribution in [0.15, 0.2) is 40.8 Å². The SMILES string of the molecule is CCOc1cccc2cc(C(=O)N(CCCN(C)C)c3nc4c(OC)ccc(Cl)c4s3)oc12. The summed E-state index contributed by atoms with van der Waals surface area (Å²) in [5.41, 5.74) is 1.20. The number of furan rings is 1. The number of fused-ring (bicyclic) bond motifs is 2. The van der Waals surface area contributed by atoms with Gasteiger partial charge in [0.25, 0.3) is 5.91 Å². The van der Waals surface area contributed by atoms with Crippen LogP contribution in [0.4, 0.5) is 5.13 Å². The third-order valence-corrected chi connectivity index (χ3v) is 6.69. The Bertz CT molecular complexity index is 1280. The molecule has 0 spiro atoms. The molecule has 4 aromatic rings. The monoisotopic (exact) mass is 487 g/mol. The number of rotatable bonds is 9. The van der Waals surface area contributed by atoms with Crippen LogP contribution in [-0.2, 0) is 0 Å². The molecular weight excluding hydrogens is 462 g/mol. The number of anilines is 1. The number of methoxy groups -OCH3 is 1. The van der Waals surface area contributed by atoms with Crippen LogP contribution in [0.5, 0.6) is 11.5 Å².